The smallest absolute Gasteiger partial charge is 0.0538 e. The second kappa shape index (κ2) is 4.65. The van der Waals surface area contributed by atoms with Gasteiger partial charge in [0, 0.05) is 11.5 Å². The molecule has 0 spiro atoms. The molecule has 0 aliphatic carbocycles. The molecule has 0 aromatic rings. The summed E-state index contributed by atoms with van der Waals surface area (Å²) in [5.41, 5.74) is 4.40. The van der Waals surface area contributed by atoms with Crippen LogP contribution in [0.15, 0.2) is 5.10 Å². The number of nitrogens with zero attached hydrogens (tertiary/aromatic N) is 1. The maximum atomic E-state index is 4.28. The third-order valence-electron chi connectivity index (χ3n) is 1.88. The van der Waals surface area contributed by atoms with Gasteiger partial charge < -0.3 is 5.43 Å². The largest absolute Gasteiger partial charge is 0.306 e. The van der Waals surface area contributed by atoms with Crippen LogP contribution in [0.3, 0.4) is 0 Å². The lowest BCUT2D eigenvalue weighted by Gasteiger charge is -2.07. The lowest BCUT2D eigenvalue weighted by molar-refractivity contribution is 0.583. The molecule has 1 atom stereocenters. The van der Waals surface area contributed by atoms with E-state index in [0.717, 1.165) is 6.42 Å². The van der Waals surface area contributed by atoms with Crippen molar-refractivity contribution in [3.63, 3.8) is 0 Å². The number of hydrogen-bond donors (Lipinski definition) is 1. The van der Waals surface area contributed by atoms with Crippen molar-refractivity contribution in [3.8, 4) is 0 Å². The maximum absolute atomic E-state index is 4.28. The molecule has 2 nitrogen and oxygen atoms in total. The highest BCUT2D eigenvalue weighted by Crippen LogP contribution is 2.16. The molecule has 0 aromatic carbocycles. The van der Waals surface area contributed by atoms with Gasteiger partial charge in [-0.3, -0.25) is 0 Å². The van der Waals surface area contributed by atoms with Crippen LogP contribution in [0.1, 0.15) is 26.7 Å². The minimum atomic E-state index is 0.626. The summed E-state index contributed by atoms with van der Waals surface area (Å²) in [4.78, 5) is 0. The molecule has 64 valence electrons. The zero-order chi connectivity index (χ0) is 8.10. The van der Waals surface area contributed by atoms with E-state index in [1.807, 2.05) is 11.8 Å². The van der Waals surface area contributed by atoms with Gasteiger partial charge in [0.15, 0.2) is 0 Å². The van der Waals surface area contributed by atoms with Crippen molar-refractivity contribution < 1.29 is 0 Å². The molecule has 1 unspecified atom stereocenters. The van der Waals surface area contributed by atoms with Crippen LogP contribution in [0.25, 0.3) is 0 Å². The zero-order valence-electron chi connectivity index (χ0n) is 7.26. The van der Waals surface area contributed by atoms with Crippen LogP contribution in [0.2, 0.25) is 0 Å². The first-order chi connectivity index (χ1) is 5.33. The van der Waals surface area contributed by atoms with Crippen LogP contribution in [0.5, 0.6) is 0 Å². The fourth-order valence-electron chi connectivity index (χ4n) is 0.917. The van der Waals surface area contributed by atoms with E-state index in [1.54, 1.807) is 0 Å². The zero-order valence-corrected chi connectivity index (χ0v) is 8.08. The molecule has 1 rings (SSSR count). The third-order valence-corrected chi connectivity index (χ3v) is 3.04. The Hall–Kier alpha value is -0.180. The first-order valence-electron chi connectivity index (χ1n) is 4.19. The second-order valence-electron chi connectivity index (χ2n) is 2.89. The van der Waals surface area contributed by atoms with E-state index in [-0.39, 0.29) is 0 Å². The molecule has 1 saturated heterocycles. The molecule has 0 saturated carbocycles. The lowest BCUT2D eigenvalue weighted by atomic mass is 10.3. The molecule has 1 aliphatic heterocycles. The Balaban J connectivity index is 2.19. The molecular weight excluding hydrogens is 156 g/mol. The molecule has 1 N–H and O–H groups in total. The van der Waals surface area contributed by atoms with Gasteiger partial charge in [0.05, 0.1) is 6.04 Å². The maximum Gasteiger partial charge on any atom is 0.0538 e. The molecule has 0 bridgehead atoms. The van der Waals surface area contributed by atoms with Crippen LogP contribution in [-0.2, 0) is 0 Å². The first kappa shape index (κ1) is 8.91. The number of rotatable bonds is 3. The molecule has 3 heteroatoms. The first-order valence-corrected chi connectivity index (χ1v) is 5.35. The number of thioether (sulfide) groups is 1. The summed E-state index contributed by atoms with van der Waals surface area (Å²) >= 11 is 2.01. The Bertz CT molecular complexity index is 139. The minimum Gasteiger partial charge on any atom is -0.306 e. The van der Waals surface area contributed by atoms with E-state index < -0.39 is 0 Å². The van der Waals surface area contributed by atoms with Gasteiger partial charge in [-0.05, 0) is 25.5 Å². The monoisotopic (exact) mass is 172 g/mol. The van der Waals surface area contributed by atoms with E-state index in [4.69, 9.17) is 0 Å². The number of hydrazone groups is 1. The standard InChI is InChI=1S/C8H16N2S/c1-3-7(2)9-10-8-4-5-11-6-8/h8,10H,3-6H2,1-2H3/b9-7+. The lowest BCUT2D eigenvalue weighted by Crippen LogP contribution is -2.24. The summed E-state index contributed by atoms with van der Waals surface area (Å²) in [6.45, 7) is 4.19. The van der Waals surface area contributed by atoms with E-state index in [2.05, 4.69) is 24.4 Å². The number of nitrogens with one attached hydrogen (secondary N) is 1. The van der Waals surface area contributed by atoms with Gasteiger partial charge in [-0.25, -0.2) is 0 Å². The average Bonchev–Trinajstić information content (AvgIpc) is 2.52. The third kappa shape index (κ3) is 3.14. The van der Waals surface area contributed by atoms with Crippen LogP contribution in [0, 0.1) is 0 Å². The van der Waals surface area contributed by atoms with E-state index >= 15 is 0 Å². The summed E-state index contributed by atoms with van der Waals surface area (Å²) in [5.74, 6) is 2.51. The molecular formula is C8H16N2S. The summed E-state index contributed by atoms with van der Waals surface area (Å²) in [6, 6.07) is 0.626. The van der Waals surface area contributed by atoms with Crippen LogP contribution in [-0.4, -0.2) is 23.3 Å². The van der Waals surface area contributed by atoms with Crippen molar-refractivity contribution in [1.82, 2.24) is 5.43 Å². The number of hydrogen-bond acceptors (Lipinski definition) is 3. The molecule has 0 aromatic heterocycles. The topological polar surface area (TPSA) is 24.4 Å². The highest BCUT2D eigenvalue weighted by Gasteiger charge is 2.13. The van der Waals surface area contributed by atoms with Crippen LogP contribution in [0.4, 0.5) is 0 Å². The van der Waals surface area contributed by atoms with Crippen LogP contribution < -0.4 is 5.43 Å². The van der Waals surface area contributed by atoms with Crippen molar-refractivity contribution in [1.29, 1.82) is 0 Å². The van der Waals surface area contributed by atoms with E-state index in [0.29, 0.717) is 6.04 Å². The van der Waals surface area contributed by atoms with Crippen molar-refractivity contribution in [3.05, 3.63) is 0 Å². The molecule has 0 amide bonds. The van der Waals surface area contributed by atoms with Crippen molar-refractivity contribution >= 4 is 17.5 Å². The highest BCUT2D eigenvalue weighted by molar-refractivity contribution is 7.99. The van der Waals surface area contributed by atoms with E-state index in [1.165, 1.54) is 23.6 Å². The van der Waals surface area contributed by atoms with E-state index in [9.17, 15) is 0 Å². The van der Waals surface area contributed by atoms with Crippen LogP contribution >= 0.6 is 11.8 Å². The predicted octanol–water partition coefficient (Wildman–Crippen LogP) is 1.87. The van der Waals surface area contributed by atoms with Crippen molar-refractivity contribution in [2.45, 2.75) is 32.7 Å². The van der Waals surface area contributed by atoms with Gasteiger partial charge in [0.2, 0.25) is 0 Å². The Morgan fingerprint density at radius 2 is 2.55 bits per heavy atom. The fourth-order valence-corrected chi connectivity index (χ4v) is 2.06. The molecule has 0 radical (unpaired) electrons. The SMILES string of the molecule is CC/C(C)=N/NC1CCSC1. The quantitative estimate of drug-likeness (QED) is 0.519. The normalized spacial score (nSPS) is 25.6. The summed E-state index contributed by atoms with van der Waals surface area (Å²) in [5, 5.41) is 4.28. The van der Waals surface area contributed by atoms with Gasteiger partial charge in [-0.2, -0.15) is 16.9 Å². The Morgan fingerprint density at radius 3 is 3.09 bits per heavy atom. The highest BCUT2D eigenvalue weighted by atomic mass is 32.2. The van der Waals surface area contributed by atoms with Crippen molar-refractivity contribution in [2.75, 3.05) is 11.5 Å². The van der Waals surface area contributed by atoms with Gasteiger partial charge in [-0.15, -0.1) is 0 Å². The minimum absolute atomic E-state index is 0.626. The Labute approximate surface area is 72.8 Å². The summed E-state index contributed by atoms with van der Waals surface area (Å²) < 4.78 is 0. The Morgan fingerprint density at radius 1 is 1.73 bits per heavy atom. The molecule has 1 heterocycles. The Kier molecular flexibility index (Phi) is 3.77. The molecule has 11 heavy (non-hydrogen) atoms. The van der Waals surface area contributed by atoms with Gasteiger partial charge in [0.1, 0.15) is 0 Å². The summed E-state index contributed by atoms with van der Waals surface area (Å²) in [6.07, 6.45) is 2.32. The fraction of sp³-hybridized carbons (Fsp3) is 0.875. The second-order valence-corrected chi connectivity index (χ2v) is 4.04. The van der Waals surface area contributed by atoms with Crippen molar-refractivity contribution in [2.24, 2.45) is 5.10 Å². The summed E-state index contributed by atoms with van der Waals surface area (Å²) in [7, 11) is 0. The molecule has 1 fully saturated rings. The van der Waals surface area contributed by atoms with Gasteiger partial charge in [-0.1, -0.05) is 6.92 Å². The van der Waals surface area contributed by atoms with Gasteiger partial charge >= 0.3 is 0 Å². The predicted molar refractivity (Wildman–Crippen MR) is 52.3 cm³/mol. The average molecular weight is 172 g/mol. The molecule has 1 aliphatic rings. The van der Waals surface area contributed by atoms with Gasteiger partial charge in [0.25, 0.3) is 0 Å².